The first-order valence-electron chi connectivity index (χ1n) is 8.11. The Labute approximate surface area is 162 Å². The first-order valence-corrected chi connectivity index (χ1v) is 8.11. The van der Waals surface area contributed by atoms with Gasteiger partial charge in [-0.25, -0.2) is 13.6 Å². The van der Waals surface area contributed by atoms with Crippen LogP contribution in [-0.2, 0) is 14.3 Å². The van der Waals surface area contributed by atoms with E-state index in [4.69, 9.17) is 4.74 Å². The van der Waals surface area contributed by atoms with E-state index in [9.17, 15) is 33.3 Å². The topological polar surface area (TPSA) is 128 Å². The zero-order valence-corrected chi connectivity index (χ0v) is 15.0. The lowest BCUT2D eigenvalue weighted by molar-refractivity contribution is -0.385. The predicted molar refractivity (Wildman–Crippen MR) is 96.1 cm³/mol. The number of halogens is 2. The fraction of sp³-hybridized carbons (Fsp3) is 0.167. The number of aryl methyl sites for hydroxylation is 1. The van der Waals surface area contributed by atoms with Crippen molar-refractivity contribution in [1.29, 1.82) is 0 Å². The summed E-state index contributed by atoms with van der Waals surface area (Å²) in [6.07, 6.45) is 0. The van der Waals surface area contributed by atoms with E-state index in [1.807, 2.05) is 0 Å². The number of nitrogens with one attached hydrogen (secondary N) is 2. The molecule has 11 heteroatoms. The molecule has 0 aliphatic carbocycles. The number of rotatable bonds is 7. The maximum absolute atomic E-state index is 13.1. The average Bonchev–Trinajstić information content (AvgIpc) is 2.67. The Morgan fingerprint density at radius 2 is 1.79 bits per heavy atom. The summed E-state index contributed by atoms with van der Waals surface area (Å²) in [5, 5.41) is 15.2. The number of hydrogen-bond donors (Lipinski definition) is 2. The number of anilines is 1. The normalized spacial score (nSPS) is 10.2. The average molecular weight is 407 g/mol. The van der Waals surface area contributed by atoms with Gasteiger partial charge < -0.3 is 15.4 Å². The number of nitrogens with zero attached hydrogens (tertiary/aromatic N) is 1. The molecule has 0 spiro atoms. The van der Waals surface area contributed by atoms with E-state index in [1.54, 1.807) is 0 Å². The van der Waals surface area contributed by atoms with E-state index in [0.717, 1.165) is 24.3 Å². The van der Waals surface area contributed by atoms with Crippen LogP contribution in [0.25, 0.3) is 0 Å². The van der Waals surface area contributed by atoms with E-state index in [-0.39, 0.29) is 22.5 Å². The highest BCUT2D eigenvalue weighted by Crippen LogP contribution is 2.19. The van der Waals surface area contributed by atoms with Gasteiger partial charge in [-0.2, -0.15) is 0 Å². The first-order chi connectivity index (χ1) is 13.7. The molecule has 0 heterocycles. The van der Waals surface area contributed by atoms with Crippen LogP contribution in [0, 0.1) is 28.7 Å². The molecule has 2 amide bonds. The fourth-order valence-corrected chi connectivity index (χ4v) is 2.21. The molecule has 2 aromatic rings. The van der Waals surface area contributed by atoms with Gasteiger partial charge in [-0.1, -0.05) is 0 Å². The van der Waals surface area contributed by atoms with Crippen LogP contribution >= 0.6 is 0 Å². The number of carbonyl (C=O) groups excluding carboxylic acids is 3. The molecular weight excluding hydrogens is 392 g/mol. The molecule has 9 nitrogen and oxygen atoms in total. The Morgan fingerprint density at radius 3 is 2.41 bits per heavy atom. The van der Waals surface area contributed by atoms with Crippen LogP contribution in [0.15, 0.2) is 36.4 Å². The van der Waals surface area contributed by atoms with Crippen LogP contribution in [-0.4, -0.2) is 35.9 Å². The van der Waals surface area contributed by atoms with Gasteiger partial charge in [0.25, 0.3) is 11.6 Å². The third-order valence-corrected chi connectivity index (χ3v) is 3.61. The number of esters is 1. The molecule has 0 saturated carbocycles. The molecule has 0 radical (unpaired) electrons. The molecule has 2 N–H and O–H groups in total. The van der Waals surface area contributed by atoms with Gasteiger partial charge >= 0.3 is 5.97 Å². The van der Waals surface area contributed by atoms with Crippen LogP contribution in [0.5, 0.6) is 0 Å². The van der Waals surface area contributed by atoms with Gasteiger partial charge in [0.15, 0.2) is 18.2 Å². The quantitative estimate of drug-likeness (QED) is 0.411. The molecule has 0 atom stereocenters. The monoisotopic (exact) mass is 407 g/mol. The largest absolute Gasteiger partial charge is 0.452 e. The molecule has 2 rings (SSSR count). The minimum Gasteiger partial charge on any atom is -0.452 e. The van der Waals surface area contributed by atoms with Crippen molar-refractivity contribution in [3.05, 3.63) is 69.3 Å². The molecular formula is C18H15F2N3O6. The minimum absolute atomic E-state index is 0.00289. The molecule has 0 aliphatic rings. The van der Waals surface area contributed by atoms with Gasteiger partial charge in [-0.3, -0.25) is 19.7 Å². The lowest BCUT2D eigenvalue weighted by atomic mass is 10.1. The van der Waals surface area contributed by atoms with Crippen LogP contribution in [0.4, 0.5) is 20.2 Å². The highest BCUT2D eigenvalue weighted by atomic mass is 19.2. The Morgan fingerprint density at radius 1 is 1.07 bits per heavy atom. The number of benzene rings is 2. The van der Waals surface area contributed by atoms with Crippen molar-refractivity contribution >= 4 is 29.2 Å². The smallest absolute Gasteiger partial charge is 0.338 e. The van der Waals surface area contributed by atoms with Crippen molar-refractivity contribution in [1.82, 2.24) is 5.32 Å². The van der Waals surface area contributed by atoms with Crippen molar-refractivity contribution in [2.75, 3.05) is 18.5 Å². The van der Waals surface area contributed by atoms with Gasteiger partial charge in [0, 0.05) is 23.4 Å². The number of nitro benzene ring substituents is 1. The summed E-state index contributed by atoms with van der Waals surface area (Å²) in [6, 6.07) is 6.36. The van der Waals surface area contributed by atoms with Crippen molar-refractivity contribution in [2.45, 2.75) is 6.92 Å². The molecule has 0 aromatic heterocycles. The van der Waals surface area contributed by atoms with Crippen LogP contribution < -0.4 is 10.6 Å². The number of hydrogen-bond acceptors (Lipinski definition) is 6. The van der Waals surface area contributed by atoms with Crippen LogP contribution in [0.1, 0.15) is 15.9 Å². The van der Waals surface area contributed by atoms with E-state index < -0.39 is 47.5 Å². The van der Waals surface area contributed by atoms with Crippen molar-refractivity contribution < 1.29 is 32.8 Å². The third-order valence-electron chi connectivity index (χ3n) is 3.61. The summed E-state index contributed by atoms with van der Waals surface area (Å²) in [6.45, 7) is 0.270. The molecule has 2 aromatic carbocycles. The van der Waals surface area contributed by atoms with Crippen molar-refractivity contribution in [2.24, 2.45) is 0 Å². The SMILES string of the molecule is Cc1cc(C(=O)OCC(=O)NCC(=O)Nc2ccc(F)c(F)c2)ccc1[N+](=O)[O-]. The second kappa shape index (κ2) is 9.35. The predicted octanol–water partition coefficient (Wildman–Crippen LogP) is 2.09. The Balaban J connectivity index is 1.79. The number of carbonyl (C=O) groups is 3. The van der Waals surface area contributed by atoms with Crippen LogP contribution in [0.2, 0.25) is 0 Å². The maximum atomic E-state index is 13.1. The second-order valence-corrected chi connectivity index (χ2v) is 5.79. The van der Waals surface area contributed by atoms with Crippen molar-refractivity contribution in [3.63, 3.8) is 0 Å². The van der Waals surface area contributed by atoms with Gasteiger partial charge in [-0.05, 0) is 31.2 Å². The van der Waals surface area contributed by atoms with Gasteiger partial charge in [0.1, 0.15) is 0 Å². The summed E-state index contributed by atoms with van der Waals surface area (Å²) in [5.74, 6) is -4.56. The van der Waals surface area contributed by atoms with E-state index in [1.165, 1.54) is 19.1 Å². The molecule has 29 heavy (non-hydrogen) atoms. The molecule has 0 saturated heterocycles. The number of amides is 2. The van der Waals surface area contributed by atoms with Crippen molar-refractivity contribution in [3.8, 4) is 0 Å². The number of nitro groups is 1. The minimum atomic E-state index is -1.14. The fourth-order valence-electron chi connectivity index (χ4n) is 2.21. The van der Waals surface area contributed by atoms with Gasteiger partial charge in [0.05, 0.1) is 17.0 Å². The molecule has 152 valence electrons. The Kier molecular flexibility index (Phi) is 6.90. The lowest BCUT2D eigenvalue weighted by Crippen LogP contribution is -2.35. The Bertz CT molecular complexity index is 980. The maximum Gasteiger partial charge on any atom is 0.338 e. The van der Waals surface area contributed by atoms with Gasteiger partial charge in [0.2, 0.25) is 5.91 Å². The molecule has 0 unspecified atom stereocenters. The Hall–Kier alpha value is -3.89. The van der Waals surface area contributed by atoms with Crippen LogP contribution in [0.3, 0.4) is 0 Å². The molecule has 0 fully saturated rings. The highest BCUT2D eigenvalue weighted by molar-refractivity contribution is 5.95. The summed E-state index contributed by atoms with van der Waals surface area (Å²) >= 11 is 0. The summed E-state index contributed by atoms with van der Waals surface area (Å²) in [7, 11) is 0. The molecule has 0 bridgehead atoms. The summed E-state index contributed by atoms with van der Waals surface area (Å²) in [5.41, 5.74) is 0.120. The summed E-state index contributed by atoms with van der Waals surface area (Å²) in [4.78, 5) is 45.4. The summed E-state index contributed by atoms with van der Waals surface area (Å²) < 4.78 is 30.7. The number of ether oxygens (including phenoxy) is 1. The van der Waals surface area contributed by atoms with Gasteiger partial charge in [-0.15, -0.1) is 0 Å². The second-order valence-electron chi connectivity index (χ2n) is 5.79. The third kappa shape index (κ3) is 6.06. The van der Waals surface area contributed by atoms with E-state index >= 15 is 0 Å². The first kappa shape index (κ1) is 21.4. The zero-order valence-electron chi connectivity index (χ0n) is 15.0. The van der Waals surface area contributed by atoms with E-state index in [2.05, 4.69) is 10.6 Å². The molecule has 0 aliphatic heterocycles. The van der Waals surface area contributed by atoms with E-state index in [0.29, 0.717) is 0 Å². The lowest BCUT2D eigenvalue weighted by Gasteiger charge is -2.08. The zero-order chi connectivity index (χ0) is 21.6. The highest BCUT2D eigenvalue weighted by Gasteiger charge is 2.16. The standard InChI is InChI=1S/C18H15F2N3O6/c1-10-6-11(2-5-15(10)23(27)28)18(26)29-9-17(25)21-8-16(24)22-12-3-4-13(19)14(20)7-12/h2-7H,8-9H2,1H3,(H,21,25)(H,22,24).